The molecule has 2 aromatic carbocycles. The van der Waals surface area contributed by atoms with E-state index in [4.69, 9.17) is 9.47 Å². The standard InChI is InChI=1S/C19H22N2O4/c1-14(21-19(23)25-13-16-6-4-3-5-7-16)18(22)20-12-15-8-10-17(24-2)11-9-15/h3-11,14H,12-13H2,1-2H3,(H,20,22)(H,21,23). The number of benzene rings is 2. The molecule has 0 aromatic heterocycles. The van der Waals surface area contributed by atoms with E-state index in [1.165, 1.54) is 0 Å². The zero-order valence-corrected chi connectivity index (χ0v) is 14.3. The van der Waals surface area contributed by atoms with Crippen LogP contribution in [0, 0.1) is 0 Å². The van der Waals surface area contributed by atoms with Gasteiger partial charge in [-0.2, -0.15) is 0 Å². The van der Waals surface area contributed by atoms with Gasteiger partial charge in [-0.05, 0) is 30.2 Å². The molecule has 132 valence electrons. The highest BCUT2D eigenvalue weighted by Gasteiger charge is 2.16. The second-order valence-electron chi connectivity index (χ2n) is 5.49. The Hall–Kier alpha value is -3.02. The normalized spacial score (nSPS) is 11.3. The molecule has 0 saturated carbocycles. The van der Waals surface area contributed by atoms with E-state index in [-0.39, 0.29) is 12.5 Å². The van der Waals surface area contributed by atoms with Crippen LogP contribution in [0.2, 0.25) is 0 Å². The summed E-state index contributed by atoms with van der Waals surface area (Å²) in [5.41, 5.74) is 1.82. The van der Waals surface area contributed by atoms with Crippen molar-refractivity contribution < 1.29 is 19.1 Å². The van der Waals surface area contributed by atoms with E-state index in [1.54, 1.807) is 14.0 Å². The number of methoxy groups -OCH3 is 1. The van der Waals surface area contributed by atoms with Crippen LogP contribution in [-0.2, 0) is 22.7 Å². The van der Waals surface area contributed by atoms with Crippen molar-refractivity contribution in [1.29, 1.82) is 0 Å². The molecule has 2 aromatic rings. The molecule has 0 fully saturated rings. The lowest BCUT2D eigenvalue weighted by Gasteiger charge is -2.14. The minimum Gasteiger partial charge on any atom is -0.497 e. The van der Waals surface area contributed by atoms with E-state index in [9.17, 15) is 9.59 Å². The number of carbonyl (C=O) groups is 2. The van der Waals surface area contributed by atoms with Crippen molar-refractivity contribution in [2.45, 2.75) is 26.1 Å². The Morgan fingerprint density at radius 2 is 1.68 bits per heavy atom. The van der Waals surface area contributed by atoms with Gasteiger partial charge < -0.3 is 20.1 Å². The van der Waals surface area contributed by atoms with E-state index in [0.29, 0.717) is 6.54 Å². The fourth-order valence-electron chi connectivity index (χ4n) is 2.09. The van der Waals surface area contributed by atoms with Crippen molar-refractivity contribution in [3.63, 3.8) is 0 Å². The molecular formula is C19H22N2O4. The molecule has 2 amide bonds. The Balaban J connectivity index is 1.72. The van der Waals surface area contributed by atoms with Crippen LogP contribution in [0.1, 0.15) is 18.1 Å². The molecule has 0 aliphatic heterocycles. The van der Waals surface area contributed by atoms with Gasteiger partial charge in [0, 0.05) is 6.54 Å². The second kappa shape index (κ2) is 9.32. The Morgan fingerprint density at radius 1 is 1.00 bits per heavy atom. The van der Waals surface area contributed by atoms with Gasteiger partial charge in [-0.25, -0.2) is 4.79 Å². The highest BCUT2D eigenvalue weighted by Crippen LogP contribution is 2.10. The average Bonchev–Trinajstić information content (AvgIpc) is 2.65. The van der Waals surface area contributed by atoms with Crippen molar-refractivity contribution in [2.75, 3.05) is 7.11 Å². The number of rotatable bonds is 7. The Kier molecular flexibility index (Phi) is 6.83. The summed E-state index contributed by atoms with van der Waals surface area (Å²) in [7, 11) is 1.60. The SMILES string of the molecule is COc1ccc(CNC(=O)C(C)NC(=O)OCc2ccccc2)cc1. The van der Waals surface area contributed by atoms with Gasteiger partial charge in [0.2, 0.25) is 5.91 Å². The van der Waals surface area contributed by atoms with E-state index < -0.39 is 12.1 Å². The molecular weight excluding hydrogens is 320 g/mol. The van der Waals surface area contributed by atoms with Gasteiger partial charge in [-0.1, -0.05) is 42.5 Å². The predicted octanol–water partition coefficient (Wildman–Crippen LogP) is 2.63. The number of nitrogens with one attached hydrogen (secondary N) is 2. The summed E-state index contributed by atoms with van der Waals surface area (Å²) >= 11 is 0. The molecule has 0 radical (unpaired) electrons. The Bertz CT molecular complexity index is 686. The monoisotopic (exact) mass is 342 g/mol. The molecule has 6 heteroatoms. The summed E-state index contributed by atoms with van der Waals surface area (Å²) in [6.45, 7) is 2.13. The number of alkyl carbamates (subject to hydrolysis) is 1. The summed E-state index contributed by atoms with van der Waals surface area (Å²) in [6.07, 6.45) is -0.629. The minimum absolute atomic E-state index is 0.160. The maximum Gasteiger partial charge on any atom is 0.408 e. The van der Waals surface area contributed by atoms with Gasteiger partial charge in [-0.15, -0.1) is 0 Å². The number of ether oxygens (including phenoxy) is 2. The molecule has 2 rings (SSSR count). The lowest BCUT2D eigenvalue weighted by Crippen LogP contribution is -2.44. The maximum atomic E-state index is 12.0. The smallest absolute Gasteiger partial charge is 0.408 e. The molecule has 0 heterocycles. The van der Waals surface area contributed by atoms with Crippen LogP contribution >= 0.6 is 0 Å². The van der Waals surface area contributed by atoms with Gasteiger partial charge in [0.15, 0.2) is 0 Å². The third-order valence-corrected chi connectivity index (χ3v) is 3.57. The van der Waals surface area contributed by atoms with E-state index in [2.05, 4.69) is 10.6 Å². The fourth-order valence-corrected chi connectivity index (χ4v) is 2.09. The van der Waals surface area contributed by atoms with Crippen molar-refractivity contribution >= 4 is 12.0 Å². The molecule has 0 bridgehead atoms. The second-order valence-corrected chi connectivity index (χ2v) is 5.49. The van der Waals surface area contributed by atoms with Crippen LogP contribution in [0.3, 0.4) is 0 Å². The van der Waals surface area contributed by atoms with E-state index >= 15 is 0 Å². The first-order chi connectivity index (χ1) is 12.1. The van der Waals surface area contributed by atoms with Crippen molar-refractivity contribution in [1.82, 2.24) is 10.6 Å². The van der Waals surface area contributed by atoms with Gasteiger partial charge >= 0.3 is 6.09 Å². The molecule has 0 spiro atoms. The molecule has 1 unspecified atom stereocenters. The molecule has 2 N–H and O–H groups in total. The fraction of sp³-hybridized carbons (Fsp3) is 0.263. The first kappa shape index (κ1) is 18.3. The van der Waals surface area contributed by atoms with Gasteiger partial charge in [0.05, 0.1) is 7.11 Å². The summed E-state index contributed by atoms with van der Waals surface area (Å²) in [6, 6.07) is 16.0. The first-order valence-corrected chi connectivity index (χ1v) is 7.96. The largest absolute Gasteiger partial charge is 0.497 e. The van der Waals surface area contributed by atoms with Crippen molar-refractivity contribution in [3.8, 4) is 5.75 Å². The van der Waals surface area contributed by atoms with Crippen LogP contribution in [0.5, 0.6) is 5.75 Å². The molecule has 0 aliphatic carbocycles. The Morgan fingerprint density at radius 3 is 2.32 bits per heavy atom. The van der Waals surface area contributed by atoms with Crippen LogP contribution in [0.4, 0.5) is 4.79 Å². The van der Waals surface area contributed by atoms with Crippen LogP contribution in [-0.4, -0.2) is 25.2 Å². The van der Waals surface area contributed by atoms with Crippen LogP contribution in [0.25, 0.3) is 0 Å². The number of carbonyl (C=O) groups excluding carboxylic acids is 2. The van der Waals surface area contributed by atoms with Crippen LogP contribution < -0.4 is 15.4 Å². The quantitative estimate of drug-likeness (QED) is 0.811. The minimum atomic E-state index is -0.693. The zero-order valence-electron chi connectivity index (χ0n) is 14.3. The third-order valence-electron chi connectivity index (χ3n) is 3.57. The summed E-state index contributed by atoms with van der Waals surface area (Å²) in [5.74, 6) is 0.471. The maximum absolute atomic E-state index is 12.0. The topological polar surface area (TPSA) is 76.7 Å². The Labute approximate surface area is 147 Å². The number of hydrogen-bond acceptors (Lipinski definition) is 4. The number of amides is 2. The molecule has 0 saturated heterocycles. The highest BCUT2D eigenvalue weighted by molar-refractivity contribution is 5.85. The molecule has 1 atom stereocenters. The summed E-state index contributed by atoms with van der Waals surface area (Å²) < 4.78 is 10.2. The van der Waals surface area contributed by atoms with Gasteiger partial charge in [0.1, 0.15) is 18.4 Å². The summed E-state index contributed by atoms with van der Waals surface area (Å²) in [4.78, 5) is 23.8. The van der Waals surface area contributed by atoms with Crippen molar-refractivity contribution in [3.05, 3.63) is 65.7 Å². The van der Waals surface area contributed by atoms with E-state index in [1.807, 2.05) is 54.6 Å². The summed E-state index contributed by atoms with van der Waals surface area (Å²) in [5, 5.41) is 5.28. The van der Waals surface area contributed by atoms with Gasteiger partial charge in [-0.3, -0.25) is 4.79 Å². The third kappa shape index (κ3) is 6.18. The molecule has 0 aliphatic rings. The molecule has 25 heavy (non-hydrogen) atoms. The first-order valence-electron chi connectivity index (χ1n) is 7.96. The van der Waals surface area contributed by atoms with Gasteiger partial charge in [0.25, 0.3) is 0 Å². The molecule has 6 nitrogen and oxygen atoms in total. The zero-order chi connectivity index (χ0) is 18.1. The van der Waals surface area contributed by atoms with Crippen molar-refractivity contribution in [2.24, 2.45) is 0 Å². The lowest BCUT2D eigenvalue weighted by atomic mass is 10.2. The number of hydrogen-bond donors (Lipinski definition) is 2. The average molecular weight is 342 g/mol. The van der Waals surface area contributed by atoms with E-state index in [0.717, 1.165) is 16.9 Å². The lowest BCUT2D eigenvalue weighted by molar-refractivity contribution is -0.122. The van der Waals surface area contributed by atoms with Crippen LogP contribution in [0.15, 0.2) is 54.6 Å². The predicted molar refractivity (Wildman–Crippen MR) is 94.1 cm³/mol. The highest BCUT2D eigenvalue weighted by atomic mass is 16.5.